The molecule has 0 aromatic heterocycles. The topological polar surface area (TPSA) is 101 Å². The smallest absolute Gasteiger partial charge is 0.158 e. The Morgan fingerprint density at radius 3 is 2.53 bits per heavy atom. The number of aliphatic hydroxyl groups excluding tert-OH is 2. The summed E-state index contributed by atoms with van der Waals surface area (Å²) in [5.74, 6) is -0.127. The summed E-state index contributed by atoms with van der Waals surface area (Å²) in [5, 5.41) is 17.9. The Labute approximate surface area is 101 Å². The summed E-state index contributed by atoms with van der Waals surface area (Å²) in [5.41, 5.74) is 6.38. The van der Waals surface area contributed by atoms with Crippen LogP contribution < -0.4 is 5.73 Å². The van der Waals surface area contributed by atoms with Crippen LogP contribution in [0.3, 0.4) is 0 Å². The molecule has 0 saturated carbocycles. The van der Waals surface area contributed by atoms with E-state index in [1.54, 1.807) is 18.2 Å². The van der Waals surface area contributed by atoms with Crippen molar-refractivity contribution in [2.75, 3.05) is 18.1 Å². The van der Waals surface area contributed by atoms with Gasteiger partial charge < -0.3 is 15.9 Å². The van der Waals surface area contributed by atoms with E-state index in [1.807, 2.05) is 0 Å². The Kier molecular flexibility index (Phi) is 4.50. The molecule has 1 aromatic carbocycles. The first kappa shape index (κ1) is 14.0. The van der Waals surface area contributed by atoms with Crippen LogP contribution in [0.25, 0.3) is 0 Å². The fourth-order valence-corrected chi connectivity index (χ4v) is 2.79. The molecular formula is C11H17NO4S. The molecule has 17 heavy (non-hydrogen) atoms. The molecule has 0 radical (unpaired) electrons. The second kappa shape index (κ2) is 5.48. The van der Waals surface area contributed by atoms with E-state index in [2.05, 4.69) is 0 Å². The van der Waals surface area contributed by atoms with Crippen LogP contribution in [0, 0.1) is 0 Å². The Bertz CT molecular complexity index is 472. The lowest BCUT2D eigenvalue weighted by atomic mass is 10.1. The number of aliphatic hydroxyl groups is 2. The third-order valence-corrected chi connectivity index (χ3v) is 4.78. The molecule has 0 heterocycles. The Morgan fingerprint density at radius 1 is 1.41 bits per heavy atom. The first-order valence-electron chi connectivity index (χ1n) is 5.28. The molecule has 5 nitrogen and oxygen atoms in total. The predicted octanol–water partition coefficient (Wildman–Crippen LogP) is 0.0978. The third-order valence-electron chi connectivity index (χ3n) is 2.65. The Morgan fingerprint density at radius 2 is 2.06 bits per heavy atom. The van der Waals surface area contributed by atoms with Crippen molar-refractivity contribution < 1.29 is 18.6 Å². The summed E-state index contributed by atoms with van der Waals surface area (Å²) in [7, 11) is -3.51. The Balaban J connectivity index is 3.06. The van der Waals surface area contributed by atoms with Crippen LogP contribution in [-0.2, 0) is 9.84 Å². The average Bonchev–Trinajstić information content (AvgIpc) is 2.29. The average molecular weight is 259 g/mol. The normalized spacial score (nSPS) is 15.5. The molecular weight excluding hydrogens is 242 g/mol. The third kappa shape index (κ3) is 3.18. The van der Waals surface area contributed by atoms with Crippen molar-refractivity contribution in [3.8, 4) is 0 Å². The number of rotatable bonds is 5. The van der Waals surface area contributed by atoms with Gasteiger partial charge in [0, 0.05) is 11.4 Å². The summed E-state index contributed by atoms with van der Waals surface area (Å²) in [4.78, 5) is 0. The molecule has 1 rings (SSSR count). The highest BCUT2D eigenvalue weighted by molar-refractivity contribution is 7.92. The number of nitrogens with two attached hydrogens (primary N) is 1. The summed E-state index contributed by atoms with van der Waals surface area (Å²) >= 11 is 0. The molecule has 0 bridgehead atoms. The van der Waals surface area contributed by atoms with Gasteiger partial charge in [-0.3, -0.25) is 0 Å². The van der Waals surface area contributed by atoms with Gasteiger partial charge in [0.2, 0.25) is 0 Å². The molecule has 4 N–H and O–H groups in total. The van der Waals surface area contributed by atoms with Crippen LogP contribution in [0.5, 0.6) is 0 Å². The van der Waals surface area contributed by atoms with Gasteiger partial charge in [0.1, 0.15) is 5.25 Å². The zero-order chi connectivity index (χ0) is 13.1. The number of nitrogen functional groups attached to an aromatic ring is 1. The van der Waals surface area contributed by atoms with Crippen molar-refractivity contribution in [1.82, 2.24) is 0 Å². The minimum Gasteiger partial charge on any atom is -0.399 e. The van der Waals surface area contributed by atoms with Gasteiger partial charge in [-0.1, -0.05) is 19.1 Å². The van der Waals surface area contributed by atoms with Crippen LogP contribution in [0.4, 0.5) is 5.69 Å². The highest BCUT2D eigenvalue weighted by Crippen LogP contribution is 2.23. The van der Waals surface area contributed by atoms with Gasteiger partial charge in [-0.15, -0.1) is 0 Å². The summed E-state index contributed by atoms with van der Waals surface area (Å²) in [6.07, 6.45) is -1.27. The molecule has 0 spiro atoms. The van der Waals surface area contributed by atoms with Crippen LogP contribution >= 0.6 is 0 Å². The fraction of sp³-hybridized carbons (Fsp3) is 0.455. The summed E-state index contributed by atoms with van der Waals surface area (Å²) in [6, 6.07) is 6.34. The number of anilines is 1. The van der Waals surface area contributed by atoms with Crippen molar-refractivity contribution in [3.63, 3.8) is 0 Å². The zero-order valence-corrected chi connectivity index (χ0v) is 10.4. The van der Waals surface area contributed by atoms with Gasteiger partial charge in [-0.05, 0) is 17.7 Å². The van der Waals surface area contributed by atoms with Gasteiger partial charge in [0.25, 0.3) is 0 Å². The number of hydrogen-bond donors (Lipinski definition) is 3. The van der Waals surface area contributed by atoms with E-state index < -0.39 is 27.8 Å². The molecule has 0 saturated heterocycles. The molecule has 0 aliphatic heterocycles. The molecule has 96 valence electrons. The maximum atomic E-state index is 11.7. The molecule has 2 atom stereocenters. The fourth-order valence-electron chi connectivity index (χ4n) is 1.58. The number of benzene rings is 1. The summed E-state index contributed by atoms with van der Waals surface area (Å²) < 4.78 is 23.4. The largest absolute Gasteiger partial charge is 0.399 e. The Hall–Kier alpha value is -1.11. The zero-order valence-electron chi connectivity index (χ0n) is 9.57. The first-order chi connectivity index (χ1) is 7.92. The molecule has 1 aromatic rings. The molecule has 0 unspecified atom stereocenters. The van der Waals surface area contributed by atoms with E-state index in [0.717, 1.165) is 0 Å². The predicted molar refractivity (Wildman–Crippen MR) is 66.1 cm³/mol. The van der Waals surface area contributed by atoms with Crippen molar-refractivity contribution in [3.05, 3.63) is 29.8 Å². The lowest BCUT2D eigenvalue weighted by molar-refractivity contribution is 0.138. The van der Waals surface area contributed by atoms with Crippen molar-refractivity contribution in [1.29, 1.82) is 0 Å². The summed E-state index contributed by atoms with van der Waals surface area (Å²) in [6.45, 7) is 0.857. The number of hydrogen-bond acceptors (Lipinski definition) is 5. The molecule has 0 amide bonds. The highest BCUT2D eigenvalue weighted by Gasteiger charge is 2.31. The number of sulfone groups is 1. The quantitative estimate of drug-likeness (QED) is 0.651. The standard InChI is InChI=1S/C11H17NO4S/c1-2-17(15,16)10(7-13)11(14)8-4-3-5-9(12)6-8/h3-6,10-11,13-14H,2,7,12H2,1H3/t10-,11-/m1/s1. The van der Waals surface area contributed by atoms with Gasteiger partial charge in [0.05, 0.1) is 12.7 Å². The molecule has 0 aliphatic carbocycles. The molecule has 6 heteroatoms. The van der Waals surface area contributed by atoms with Crippen molar-refractivity contribution in [2.45, 2.75) is 18.3 Å². The van der Waals surface area contributed by atoms with Gasteiger partial charge in [-0.25, -0.2) is 8.42 Å². The van der Waals surface area contributed by atoms with Crippen LogP contribution in [0.15, 0.2) is 24.3 Å². The van der Waals surface area contributed by atoms with E-state index in [4.69, 9.17) is 10.8 Å². The van der Waals surface area contributed by atoms with Gasteiger partial charge in [0.15, 0.2) is 9.84 Å². The monoisotopic (exact) mass is 259 g/mol. The SMILES string of the molecule is CCS(=O)(=O)[C@H](CO)[C@H](O)c1cccc(N)c1. The van der Waals surface area contributed by atoms with Gasteiger partial charge in [-0.2, -0.15) is 0 Å². The second-order valence-corrected chi connectivity index (χ2v) is 6.30. The second-order valence-electron chi connectivity index (χ2n) is 3.79. The first-order valence-corrected chi connectivity index (χ1v) is 6.99. The van der Waals surface area contributed by atoms with E-state index in [9.17, 15) is 13.5 Å². The molecule has 0 aliphatic rings. The lowest BCUT2D eigenvalue weighted by Gasteiger charge is -2.21. The lowest BCUT2D eigenvalue weighted by Crippen LogP contribution is -2.33. The van der Waals surface area contributed by atoms with Crippen LogP contribution in [-0.4, -0.2) is 36.2 Å². The van der Waals surface area contributed by atoms with E-state index in [1.165, 1.54) is 13.0 Å². The highest BCUT2D eigenvalue weighted by atomic mass is 32.2. The maximum Gasteiger partial charge on any atom is 0.158 e. The van der Waals surface area contributed by atoms with Crippen LogP contribution in [0.1, 0.15) is 18.6 Å². The van der Waals surface area contributed by atoms with E-state index in [0.29, 0.717) is 11.3 Å². The van der Waals surface area contributed by atoms with Crippen molar-refractivity contribution in [2.24, 2.45) is 0 Å². The minimum absolute atomic E-state index is 0.127. The van der Waals surface area contributed by atoms with E-state index >= 15 is 0 Å². The van der Waals surface area contributed by atoms with Crippen molar-refractivity contribution >= 4 is 15.5 Å². The minimum atomic E-state index is -3.51. The van der Waals surface area contributed by atoms with Gasteiger partial charge >= 0.3 is 0 Å². The van der Waals surface area contributed by atoms with Crippen LogP contribution in [0.2, 0.25) is 0 Å². The maximum absolute atomic E-state index is 11.7. The van der Waals surface area contributed by atoms with E-state index in [-0.39, 0.29) is 5.75 Å². The molecule has 0 fully saturated rings.